The Morgan fingerprint density at radius 2 is 2.25 bits per heavy atom. The van der Waals surface area contributed by atoms with Crippen molar-refractivity contribution in [1.29, 1.82) is 0 Å². The van der Waals surface area contributed by atoms with Crippen LogP contribution in [0.4, 0.5) is 5.69 Å². The molecule has 0 unspecified atom stereocenters. The number of thiophene rings is 1. The number of carbonyl (C=O) groups is 1. The Morgan fingerprint density at radius 1 is 1.50 bits per heavy atom. The van der Waals surface area contributed by atoms with Crippen molar-refractivity contribution in [2.75, 3.05) is 12.8 Å². The number of nitrogens with two attached hydrogens (primary N) is 1. The number of ether oxygens (including phenoxy) is 1. The highest BCUT2D eigenvalue weighted by molar-refractivity contribution is 7.17. The molecule has 0 atom stereocenters. The fraction of sp³-hybridized carbons (Fsp3) is 0.182. The molecule has 0 aliphatic rings. The Hall–Kier alpha value is -1.75. The lowest BCUT2D eigenvalue weighted by Gasteiger charge is -1.94. The molecule has 2 aromatic rings. The average Bonchev–Trinajstić information content (AvgIpc) is 2.83. The van der Waals surface area contributed by atoms with Gasteiger partial charge in [0.05, 0.1) is 17.7 Å². The molecule has 0 aromatic carbocycles. The second-order valence-corrected chi connectivity index (χ2v) is 4.35. The number of methoxy groups -OCH3 is 1. The summed E-state index contributed by atoms with van der Waals surface area (Å²) in [4.78, 5) is 12.6. The molecule has 2 N–H and O–H groups in total. The van der Waals surface area contributed by atoms with Gasteiger partial charge >= 0.3 is 5.97 Å². The first-order valence-electron chi connectivity index (χ1n) is 4.66. The van der Waals surface area contributed by atoms with Gasteiger partial charge in [-0.2, -0.15) is 0 Å². The molecule has 0 amide bonds. The second kappa shape index (κ2) is 4.02. The number of nitrogen functional groups attached to an aromatic ring is 1. The topological polar surface area (TPSA) is 65.5 Å². The molecular weight excluding hydrogens is 226 g/mol. The molecule has 4 nitrogen and oxygen atoms in total. The summed E-state index contributed by atoms with van der Waals surface area (Å²) in [6.45, 7) is 1.86. The van der Waals surface area contributed by atoms with Gasteiger partial charge in [-0.25, -0.2) is 4.79 Å². The minimum absolute atomic E-state index is 0.409. The molecule has 84 valence electrons. The van der Waals surface area contributed by atoms with Crippen LogP contribution in [0.15, 0.2) is 22.6 Å². The van der Waals surface area contributed by atoms with Gasteiger partial charge in [0, 0.05) is 0 Å². The fourth-order valence-electron chi connectivity index (χ4n) is 1.35. The van der Waals surface area contributed by atoms with Crippen molar-refractivity contribution in [3.05, 3.63) is 28.8 Å². The zero-order chi connectivity index (χ0) is 11.7. The van der Waals surface area contributed by atoms with Crippen molar-refractivity contribution in [3.8, 4) is 10.6 Å². The van der Waals surface area contributed by atoms with Crippen LogP contribution in [-0.4, -0.2) is 13.1 Å². The summed E-state index contributed by atoms with van der Waals surface area (Å²) in [5, 5.41) is 0. The molecular formula is C11H11NO3S. The smallest absolute Gasteiger partial charge is 0.350 e. The molecule has 0 bridgehead atoms. The third kappa shape index (κ3) is 1.81. The summed E-state index contributed by atoms with van der Waals surface area (Å²) in [6.07, 6.45) is 0. The molecule has 0 fully saturated rings. The summed E-state index contributed by atoms with van der Waals surface area (Å²) in [5.41, 5.74) is 6.15. The van der Waals surface area contributed by atoms with Crippen molar-refractivity contribution in [1.82, 2.24) is 0 Å². The number of anilines is 1. The first kappa shape index (κ1) is 10.8. The van der Waals surface area contributed by atoms with E-state index in [2.05, 4.69) is 4.74 Å². The van der Waals surface area contributed by atoms with Crippen LogP contribution in [0.25, 0.3) is 10.6 Å². The van der Waals surface area contributed by atoms with Crippen molar-refractivity contribution in [2.45, 2.75) is 6.92 Å². The molecule has 0 radical (unpaired) electrons. The van der Waals surface area contributed by atoms with E-state index in [4.69, 9.17) is 10.2 Å². The highest BCUT2D eigenvalue weighted by Gasteiger charge is 2.16. The second-order valence-electron chi connectivity index (χ2n) is 3.30. The van der Waals surface area contributed by atoms with Crippen LogP contribution >= 0.6 is 11.3 Å². The van der Waals surface area contributed by atoms with Gasteiger partial charge in [-0.05, 0) is 25.1 Å². The summed E-state index contributed by atoms with van der Waals surface area (Å²) in [7, 11) is 1.33. The number of hydrogen-bond donors (Lipinski definition) is 1. The fourth-order valence-corrected chi connectivity index (χ4v) is 2.31. The van der Waals surface area contributed by atoms with Crippen LogP contribution in [0, 0.1) is 6.92 Å². The third-order valence-corrected chi connectivity index (χ3v) is 3.26. The zero-order valence-electron chi connectivity index (χ0n) is 8.94. The van der Waals surface area contributed by atoms with E-state index in [0.717, 1.165) is 10.6 Å². The number of carbonyl (C=O) groups excluding carboxylic acids is 1. The summed E-state index contributed by atoms with van der Waals surface area (Å²) in [6, 6.07) is 5.43. The standard InChI is InChI=1S/C11H11NO3S/c1-6-3-4-8(15-6)9-5-7(12)10(16-9)11(13)14-2/h3-5H,12H2,1-2H3. The van der Waals surface area contributed by atoms with Crippen LogP contribution in [-0.2, 0) is 4.74 Å². The first-order valence-corrected chi connectivity index (χ1v) is 5.48. The Balaban J connectivity index is 2.41. The number of furan rings is 1. The zero-order valence-corrected chi connectivity index (χ0v) is 9.76. The predicted octanol–water partition coefficient (Wildman–Crippen LogP) is 2.69. The van der Waals surface area contributed by atoms with Gasteiger partial charge in [-0.15, -0.1) is 11.3 Å². The summed E-state index contributed by atoms with van der Waals surface area (Å²) < 4.78 is 10.1. The summed E-state index contributed by atoms with van der Waals surface area (Å²) in [5.74, 6) is 1.11. The largest absolute Gasteiger partial charge is 0.465 e. The van der Waals surface area contributed by atoms with Crippen LogP contribution in [0.3, 0.4) is 0 Å². The molecule has 0 aliphatic heterocycles. The van der Waals surface area contributed by atoms with E-state index in [1.807, 2.05) is 19.1 Å². The minimum atomic E-state index is -0.419. The quantitative estimate of drug-likeness (QED) is 0.815. The van der Waals surface area contributed by atoms with Gasteiger partial charge in [-0.3, -0.25) is 0 Å². The minimum Gasteiger partial charge on any atom is -0.465 e. The van der Waals surface area contributed by atoms with Crippen molar-refractivity contribution in [2.24, 2.45) is 0 Å². The molecule has 16 heavy (non-hydrogen) atoms. The summed E-state index contributed by atoms with van der Waals surface area (Å²) >= 11 is 1.27. The highest BCUT2D eigenvalue weighted by Crippen LogP contribution is 2.34. The predicted molar refractivity (Wildman–Crippen MR) is 62.5 cm³/mol. The van der Waals surface area contributed by atoms with Crippen LogP contribution in [0.1, 0.15) is 15.4 Å². The number of rotatable bonds is 2. The molecule has 5 heteroatoms. The van der Waals surface area contributed by atoms with Gasteiger partial charge in [0.1, 0.15) is 16.4 Å². The van der Waals surface area contributed by atoms with Crippen molar-refractivity contribution in [3.63, 3.8) is 0 Å². The maximum absolute atomic E-state index is 11.4. The van der Waals surface area contributed by atoms with Gasteiger partial charge in [0.15, 0.2) is 0 Å². The van der Waals surface area contributed by atoms with E-state index < -0.39 is 5.97 Å². The van der Waals surface area contributed by atoms with E-state index in [1.54, 1.807) is 6.07 Å². The monoisotopic (exact) mass is 237 g/mol. The third-order valence-electron chi connectivity index (χ3n) is 2.11. The Morgan fingerprint density at radius 3 is 2.81 bits per heavy atom. The van der Waals surface area contributed by atoms with Gasteiger partial charge < -0.3 is 14.9 Å². The number of aryl methyl sites for hydroxylation is 1. The SMILES string of the molecule is COC(=O)c1sc(-c2ccc(C)o2)cc1N. The van der Waals surface area contributed by atoms with Gasteiger partial charge in [-0.1, -0.05) is 0 Å². The van der Waals surface area contributed by atoms with E-state index in [-0.39, 0.29) is 0 Å². The number of hydrogen-bond acceptors (Lipinski definition) is 5. The molecule has 2 rings (SSSR count). The lowest BCUT2D eigenvalue weighted by atomic mass is 10.3. The van der Waals surface area contributed by atoms with Crippen LogP contribution in [0.2, 0.25) is 0 Å². The Labute approximate surface area is 96.6 Å². The molecule has 2 aromatic heterocycles. The van der Waals surface area contributed by atoms with Gasteiger partial charge in [0.2, 0.25) is 0 Å². The molecule has 2 heterocycles. The maximum Gasteiger partial charge on any atom is 0.350 e. The highest BCUT2D eigenvalue weighted by atomic mass is 32.1. The number of esters is 1. The van der Waals surface area contributed by atoms with Crippen molar-refractivity contribution >= 4 is 23.0 Å². The van der Waals surface area contributed by atoms with Crippen molar-refractivity contribution < 1.29 is 13.9 Å². The van der Waals surface area contributed by atoms with E-state index in [0.29, 0.717) is 16.3 Å². The Kier molecular flexibility index (Phi) is 2.70. The van der Waals surface area contributed by atoms with Gasteiger partial charge in [0.25, 0.3) is 0 Å². The maximum atomic E-state index is 11.4. The Bertz CT molecular complexity index is 527. The molecule has 0 saturated carbocycles. The van der Waals surface area contributed by atoms with E-state index >= 15 is 0 Å². The lowest BCUT2D eigenvalue weighted by Crippen LogP contribution is -2.00. The molecule has 0 aliphatic carbocycles. The molecule has 0 saturated heterocycles. The lowest BCUT2D eigenvalue weighted by molar-refractivity contribution is 0.0607. The normalized spacial score (nSPS) is 10.4. The van der Waals surface area contributed by atoms with E-state index in [1.165, 1.54) is 18.4 Å². The average molecular weight is 237 g/mol. The van der Waals surface area contributed by atoms with Crippen LogP contribution in [0.5, 0.6) is 0 Å². The van der Waals surface area contributed by atoms with E-state index in [9.17, 15) is 4.79 Å². The van der Waals surface area contributed by atoms with Crippen LogP contribution < -0.4 is 5.73 Å². The first-order chi connectivity index (χ1) is 7.61. The molecule has 0 spiro atoms.